The number of likely N-dealkylation sites (N-methyl/N-ethyl adjacent to an activating group) is 1. The molecular weight excluding hydrogens is 200 g/mol. The third kappa shape index (κ3) is 2.16. The number of nitrogens with zero attached hydrogens (tertiary/aromatic N) is 3. The second kappa shape index (κ2) is 4.37. The van der Waals surface area contributed by atoms with Crippen molar-refractivity contribution < 1.29 is 0 Å². The number of hydrogen-bond acceptors (Lipinski definition) is 4. The van der Waals surface area contributed by atoms with E-state index in [1.165, 1.54) is 19.3 Å². The van der Waals surface area contributed by atoms with E-state index in [-0.39, 0.29) is 0 Å². The molecule has 1 saturated carbocycles. The maximum Gasteiger partial charge on any atom is 0.222 e. The Morgan fingerprint density at radius 2 is 1.94 bits per heavy atom. The number of aromatic nitrogens is 2. The lowest BCUT2D eigenvalue weighted by Crippen LogP contribution is -2.54. The number of rotatable bonds is 4. The summed E-state index contributed by atoms with van der Waals surface area (Å²) in [6, 6.07) is 0. The van der Waals surface area contributed by atoms with Gasteiger partial charge in [-0.15, -0.1) is 0 Å². The van der Waals surface area contributed by atoms with Crippen LogP contribution in [0.15, 0.2) is 12.4 Å². The number of hydrogen-bond donors (Lipinski definition) is 1. The van der Waals surface area contributed by atoms with Crippen LogP contribution in [0.1, 0.15) is 24.8 Å². The Kier molecular flexibility index (Phi) is 3.10. The quantitative estimate of drug-likeness (QED) is 0.838. The van der Waals surface area contributed by atoms with Gasteiger partial charge in [0.25, 0.3) is 0 Å². The lowest BCUT2D eigenvalue weighted by Gasteiger charge is -2.47. The molecule has 0 aliphatic heterocycles. The minimum atomic E-state index is 0.314. The van der Waals surface area contributed by atoms with Crippen molar-refractivity contribution in [1.82, 2.24) is 14.9 Å². The molecule has 0 spiro atoms. The Bertz CT molecular complexity index is 341. The summed E-state index contributed by atoms with van der Waals surface area (Å²) in [4.78, 5) is 10.8. The van der Waals surface area contributed by atoms with Crippen LogP contribution in [0, 0.1) is 6.92 Å². The standard InChI is InChI=1S/C12H20N4/c1-10-7-13-11(14-8-10)15-9-12(16(2)3)5-4-6-12/h7-8H,4-6,9H2,1-3H3,(H,13,14,15). The van der Waals surface area contributed by atoms with Gasteiger partial charge < -0.3 is 10.2 Å². The van der Waals surface area contributed by atoms with Gasteiger partial charge in [0.1, 0.15) is 0 Å². The zero-order valence-electron chi connectivity index (χ0n) is 10.3. The first-order valence-electron chi connectivity index (χ1n) is 5.82. The van der Waals surface area contributed by atoms with Gasteiger partial charge >= 0.3 is 0 Å². The Labute approximate surface area is 97.1 Å². The predicted molar refractivity (Wildman–Crippen MR) is 65.5 cm³/mol. The molecule has 0 radical (unpaired) electrons. The summed E-state index contributed by atoms with van der Waals surface area (Å²) < 4.78 is 0. The topological polar surface area (TPSA) is 41.1 Å². The first-order valence-corrected chi connectivity index (χ1v) is 5.82. The largest absolute Gasteiger partial charge is 0.352 e. The third-order valence-electron chi connectivity index (χ3n) is 3.59. The van der Waals surface area contributed by atoms with Gasteiger partial charge in [-0.05, 0) is 45.8 Å². The lowest BCUT2D eigenvalue weighted by molar-refractivity contribution is 0.0737. The molecule has 4 heteroatoms. The molecule has 1 aromatic heterocycles. The smallest absolute Gasteiger partial charge is 0.222 e. The molecule has 16 heavy (non-hydrogen) atoms. The molecular formula is C12H20N4. The van der Waals surface area contributed by atoms with Crippen molar-refractivity contribution in [3.63, 3.8) is 0 Å². The molecule has 2 rings (SSSR count). The molecule has 1 heterocycles. The summed E-state index contributed by atoms with van der Waals surface area (Å²) in [5, 5.41) is 3.33. The van der Waals surface area contributed by atoms with Crippen molar-refractivity contribution in [3.8, 4) is 0 Å². The summed E-state index contributed by atoms with van der Waals surface area (Å²) in [5.74, 6) is 0.735. The Morgan fingerprint density at radius 3 is 2.38 bits per heavy atom. The van der Waals surface area contributed by atoms with Crippen LogP contribution in [0.25, 0.3) is 0 Å². The molecule has 0 atom stereocenters. The minimum absolute atomic E-state index is 0.314. The second-order valence-corrected chi connectivity index (χ2v) is 4.91. The van der Waals surface area contributed by atoms with E-state index in [1.807, 2.05) is 19.3 Å². The summed E-state index contributed by atoms with van der Waals surface area (Å²) in [6.45, 7) is 2.93. The van der Waals surface area contributed by atoms with Crippen molar-refractivity contribution >= 4 is 5.95 Å². The van der Waals surface area contributed by atoms with Crippen LogP contribution in [0.2, 0.25) is 0 Å². The van der Waals surface area contributed by atoms with Crippen LogP contribution in [-0.2, 0) is 0 Å². The van der Waals surface area contributed by atoms with Gasteiger partial charge in [0.15, 0.2) is 0 Å². The van der Waals surface area contributed by atoms with E-state index in [1.54, 1.807) is 0 Å². The van der Waals surface area contributed by atoms with Crippen molar-refractivity contribution in [2.75, 3.05) is 26.0 Å². The Balaban J connectivity index is 1.93. The fraction of sp³-hybridized carbons (Fsp3) is 0.667. The van der Waals surface area contributed by atoms with Gasteiger partial charge in [-0.1, -0.05) is 0 Å². The Hall–Kier alpha value is -1.16. The molecule has 0 amide bonds. The molecule has 0 saturated heterocycles. The zero-order chi connectivity index (χ0) is 11.6. The average molecular weight is 220 g/mol. The summed E-state index contributed by atoms with van der Waals surface area (Å²) >= 11 is 0. The first kappa shape index (κ1) is 11.3. The molecule has 0 aromatic carbocycles. The molecule has 1 N–H and O–H groups in total. The molecule has 1 aliphatic carbocycles. The van der Waals surface area contributed by atoms with E-state index in [4.69, 9.17) is 0 Å². The van der Waals surface area contributed by atoms with Crippen LogP contribution < -0.4 is 5.32 Å². The van der Waals surface area contributed by atoms with Gasteiger partial charge in [-0.3, -0.25) is 0 Å². The van der Waals surface area contributed by atoms with Crippen molar-refractivity contribution in [1.29, 1.82) is 0 Å². The highest BCUT2D eigenvalue weighted by molar-refractivity contribution is 5.26. The first-order chi connectivity index (χ1) is 7.62. The fourth-order valence-corrected chi connectivity index (χ4v) is 2.09. The molecule has 4 nitrogen and oxygen atoms in total. The van der Waals surface area contributed by atoms with Gasteiger partial charge in [0.2, 0.25) is 5.95 Å². The zero-order valence-corrected chi connectivity index (χ0v) is 10.3. The van der Waals surface area contributed by atoms with Crippen LogP contribution in [0.5, 0.6) is 0 Å². The van der Waals surface area contributed by atoms with E-state index in [9.17, 15) is 0 Å². The van der Waals surface area contributed by atoms with Crippen LogP contribution in [0.4, 0.5) is 5.95 Å². The highest BCUT2D eigenvalue weighted by atomic mass is 15.2. The van der Waals surface area contributed by atoms with E-state index < -0.39 is 0 Å². The average Bonchev–Trinajstić information content (AvgIpc) is 2.18. The Morgan fingerprint density at radius 1 is 1.31 bits per heavy atom. The van der Waals surface area contributed by atoms with E-state index in [2.05, 4.69) is 34.3 Å². The molecule has 88 valence electrons. The van der Waals surface area contributed by atoms with Crippen LogP contribution in [-0.4, -0.2) is 41.0 Å². The van der Waals surface area contributed by atoms with Crippen LogP contribution >= 0.6 is 0 Å². The highest BCUT2D eigenvalue weighted by Gasteiger charge is 2.38. The van der Waals surface area contributed by atoms with Gasteiger partial charge in [-0.2, -0.15) is 0 Å². The van der Waals surface area contributed by atoms with Crippen molar-refractivity contribution in [2.45, 2.75) is 31.7 Å². The molecule has 1 aromatic rings. The summed E-state index contributed by atoms with van der Waals surface area (Å²) in [7, 11) is 4.30. The highest BCUT2D eigenvalue weighted by Crippen LogP contribution is 2.35. The summed E-state index contributed by atoms with van der Waals surface area (Å²) in [5.41, 5.74) is 1.41. The van der Waals surface area contributed by atoms with E-state index in [0.717, 1.165) is 18.1 Å². The normalized spacial score (nSPS) is 18.2. The van der Waals surface area contributed by atoms with Crippen LogP contribution in [0.3, 0.4) is 0 Å². The van der Waals surface area contributed by atoms with E-state index >= 15 is 0 Å². The monoisotopic (exact) mass is 220 g/mol. The fourth-order valence-electron chi connectivity index (χ4n) is 2.09. The number of nitrogens with one attached hydrogen (secondary N) is 1. The maximum atomic E-state index is 4.26. The molecule has 0 unspecified atom stereocenters. The van der Waals surface area contributed by atoms with Gasteiger partial charge in [0, 0.05) is 24.5 Å². The second-order valence-electron chi connectivity index (χ2n) is 4.91. The SMILES string of the molecule is Cc1cnc(NCC2(N(C)C)CCC2)nc1. The number of anilines is 1. The van der Waals surface area contributed by atoms with Gasteiger partial charge in [-0.25, -0.2) is 9.97 Å². The summed E-state index contributed by atoms with van der Waals surface area (Å²) in [6.07, 6.45) is 7.54. The predicted octanol–water partition coefficient (Wildman–Crippen LogP) is 1.68. The molecule has 1 aliphatic rings. The minimum Gasteiger partial charge on any atom is -0.352 e. The molecule has 1 fully saturated rings. The lowest BCUT2D eigenvalue weighted by atomic mass is 9.75. The van der Waals surface area contributed by atoms with Gasteiger partial charge in [0.05, 0.1) is 0 Å². The third-order valence-corrected chi connectivity index (χ3v) is 3.59. The number of aryl methyl sites for hydroxylation is 1. The van der Waals surface area contributed by atoms with Crippen molar-refractivity contribution in [3.05, 3.63) is 18.0 Å². The maximum absolute atomic E-state index is 4.26. The molecule has 0 bridgehead atoms. The van der Waals surface area contributed by atoms with E-state index in [0.29, 0.717) is 5.54 Å². The van der Waals surface area contributed by atoms with Crippen molar-refractivity contribution in [2.24, 2.45) is 0 Å².